The van der Waals surface area contributed by atoms with E-state index in [1.165, 1.54) is 4.90 Å². The van der Waals surface area contributed by atoms with E-state index >= 15 is 0 Å². The van der Waals surface area contributed by atoms with Gasteiger partial charge in [-0.05, 0) is 49.2 Å². The number of nitrogens with zero attached hydrogens (tertiary/aromatic N) is 1. The number of hydrogen-bond donors (Lipinski definition) is 1. The summed E-state index contributed by atoms with van der Waals surface area (Å²) in [6.07, 6.45) is 1.80. The van der Waals surface area contributed by atoms with Crippen molar-refractivity contribution in [1.82, 2.24) is 4.90 Å². The van der Waals surface area contributed by atoms with E-state index in [0.29, 0.717) is 10.7 Å². The number of hydrogen-bond acceptors (Lipinski definition) is 3. The lowest BCUT2D eigenvalue weighted by Crippen LogP contribution is -2.35. The molecule has 0 fully saturated rings. The minimum Gasteiger partial charge on any atom is -0.464 e. The Morgan fingerprint density at radius 3 is 2.52 bits per heavy atom. The van der Waals surface area contributed by atoms with Crippen molar-refractivity contribution in [2.24, 2.45) is 0 Å². The molecule has 5 nitrogen and oxygen atoms in total. The van der Waals surface area contributed by atoms with E-state index in [1.807, 2.05) is 26.0 Å². The van der Waals surface area contributed by atoms with Gasteiger partial charge in [0, 0.05) is 28.7 Å². The summed E-state index contributed by atoms with van der Waals surface area (Å²) < 4.78 is 5.65. The highest BCUT2D eigenvalue weighted by molar-refractivity contribution is 6.30. The largest absolute Gasteiger partial charge is 0.464 e. The number of amides is 2. The lowest BCUT2D eigenvalue weighted by molar-refractivity contribution is -0.132. The molecule has 27 heavy (non-hydrogen) atoms. The minimum absolute atomic E-state index is 0.0324. The molecule has 0 bridgehead atoms. The van der Waals surface area contributed by atoms with Gasteiger partial charge in [0.25, 0.3) is 0 Å². The molecule has 1 aromatic heterocycles. The molecule has 6 heteroatoms. The molecule has 0 saturated carbocycles. The maximum absolute atomic E-state index is 12.5. The second-order valence-electron chi connectivity index (χ2n) is 6.63. The second kappa shape index (κ2) is 7.84. The highest BCUT2D eigenvalue weighted by Gasteiger charge is 2.17. The van der Waals surface area contributed by atoms with Crippen LogP contribution < -0.4 is 5.32 Å². The van der Waals surface area contributed by atoms with Gasteiger partial charge >= 0.3 is 0 Å². The smallest absolute Gasteiger partial charge is 0.243 e. The van der Waals surface area contributed by atoms with E-state index in [9.17, 15) is 9.59 Å². The number of furan rings is 1. The number of aryl methyl sites for hydroxylation is 2. The lowest BCUT2D eigenvalue weighted by atomic mass is 10.0. The molecule has 2 amide bonds. The third-order valence-corrected chi connectivity index (χ3v) is 4.87. The van der Waals surface area contributed by atoms with E-state index < -0.39 is 0 Å². The first-order valence-electron chi connectivity index (χ1n) is 8.61. The lowest BCUT2D eigenvalue weighted by Gasteiger charge is -2.16. The summed E-state index contributed by atoms with van der Waals surface area (Å²) in [4.78, 5) is 26.1. The quantitative estimate of drug-likeness (QED) is 0.711. The van der Waals surface area contributed by atoms with Gasteiger partial charge in [-0.3, -0.25) is 9.59 Å². The Kier molecular flexibility index (Phi) is 5.51. The van der Waals surface area contributed by atoms with Gasteiger partial charge in [-0.2, -0.15) is 0 Å². The maximum Gasteiger partial charge on any atom is 0.243 e. The first-order valence-corrected chi connectivity index (χ1v) is 8.98. The Bertz CT molecular complexity index is 993. The summed E-state index contributed by atoms with van der Waals surface area (Å²) >= 11 is 5.83. The fourth-order valence-electron chi connectivity index (χ4n) is 2.86. The molecule has 0 aliphatic heterocycles. The third-order valence-electron chi connectivity index (χ3n) is 4.62. The van der Waals surface area contributed by atoms with Crippen LogP contribution in [0.15, 0.2) is 47.1 Å². The molecular weight excluding hydrogens is 364 g/mol. The Balaban J connectivity index is 1.63. The maximum atomic E-state index is 12.5. The third kappa shape index (κ3) is 4.31. The molecule has 3 aromatic rings. The fourth-order valence-corrected chi connectivity index (χ4v) is 2.99. The van der Waals surface area contributed by atoms with E-state index in [0.717, 1.165) is 27.7 Å². The molecule has 0 atom stereocenters. The Morgan fingerprint density at radius 2 is 1.81 bits per heavy atom. The Labute approximate surface area is 162 Å². The first-order chi connectivity index (χ1) is 12.8. The molecule has 0 spiro atoms. The minimum atomic E-state index is -0.267. The van der Waals surface area contributed by atoms with E-state index in [4.69, 9.17) is 16.0 Å². The van der Waals surface area contributed by atoms with Crippen LogP contribution in [0.1, 0.15) is 16.7 Å². The monoisotopic (exact) mass is 384 g/mol. The van der Waals surface area contributed by atoms with Crippen molar-refractivity contribution in [3.8, 4) is 0 Å². The van der Waals surface area contributed by atoms with Crippen LogP contribution in [-0.2, 0) is 16.0 Å². The van der Waals surface area contributed by atoms with Crippen LogP contribution in [0.4, 0.5) is 5.69 Å². The Hall–Kier alpha value is -2.79. The predicted molar refractivity (Wildman–Crippen MR) is 107 cm³/mol. The summed E-state index contributed by atoms with van der Waals surface area (Å²) in [5.41, 5.74) is 4.48. The number of nitrogens with one attached hydrogen (secondary N) is 1. The number of carbonyl (C=O) groups is 2. The highest BCUT2D eigenvalue weighted by atomic mass is 35.5. The van der Waals surface area contributed by atoms with Gasteiger partial charge in [0.2, 0.25) is 11.8 Å². The van der Waals surface area contributed by atoms with E-state index in [1.54, 1.807) is 37.6 Å². The fraction of sp³-hybridized carbons (Fsp3) is 0.238. The molecule has 140 valence electrons. The summed E-state index contributed by atoms with van der Waals surface area (Å²) in [7, 11) is 1.61. The summed E-state index contributed by atoms with van der Waals surface area (Å²) in [5.74, 6) is -0.418. The predicted octanol–water partition coefficient (Wildman–Crippen LogP) is 4.34. The van der Waals surface area contributed by atoms with Crippen LogP contribution in [0, 0.1) is 13.8 Å². The van der Waals surface area contributed by atoms with Crippen molar-refractivity contribution < 1.29 is 14.0 Å². The van der Waals surface area contributed by atoms with Crippen molar-refractivity contribution in [1.29, 1.82) is 0 Å². The number of likely N-dealkylation sites (N-methyl/N-ethyl adjacent to an activating group) is 1. The van der Waals surface area contributed by atoms with Crippen LogP contribution in [0.5, 0.6) is 0 Å². The highest BCUT2D eigenvalue weighted by Crippen LogP contribution is 2.27. The number of rotatable bonds is 5. The van der Waals surface area contributed by atoms with Crippen molar-refractivity contribution in [2.75, 3.05) is 18.9 Å². The molecular formula is C21H21ClN2O3. The van der Waals surface area contributed by atoms with E-state index in [2.05, 4.69) is 5.32 Å². The normalized spacial score (nSPS) is 10.8. The molecule has 1 heterocycles. The number of carbonyl (C=O) groups excluding carboxylic acids is 2. The van der Waals surface area contributed by atoms with Crippen molar-refractivity contribution in [3.05, 3.63) is 64.4 Å². The molecule has 0 aliphatic carbocycles. The zero-order chi connectivity index (χ0) is 19.6. The molecule has 0 aliphatic rings. The first kappa shape index (κ1) is 19.0. The molecule has 0 radical (unpaired) electrons. The van der Waals surface area contributed by atoms with Gasteiger partial charge in [0.05, 0.1) is 19.2 Å². The SMILES string of the molecule is Cc1ccc2c(CC(=O)N(C)CC(=O)Nc3ccc(Cl)cc3)coc2c1C. The van der Waals surface area contributed by atoms with Gasteiger partial charge in [0.15, 0.2) is 0 Å². The number of fused-ring (bicyclic) bond motifs is 1. The van der Waals surface area contributed by atoms with Gasteiger partial charge in [-0.1, -0.05) is 23.7 Å². The van der Waals surface area contributed by atoms with Crippen LogP contribution in [0.3, 0.4) is 0 Å². The number of anilines is 1. The zero-order valence-electron chi connectivity index (χ0n) is 15.5. The molecule has 0 saturated heterocycles. The van der Waals surface area contributed by atoms with Gasteiger partial charge in [0.1, 0.15) is 5.58 Å². The second-order valence-corrected chi connectivity index (χ2v) is 7.06. The average molecular weight is 385 g/mol. The van der Waals surface area contributed by atoms with Crippen molar-refractivity contribution >= 4 is 40.1 Å². The standard InChI is InChI=1S/C21H21ClN2O3/c1-13-4-9-18-15(12-27-21(18)14(13)2)10-20(26)24(3)11-19(25)23-17-7-5-16(22)6-8-17/h4-9,12H,10-11H2,1-3H3,(H,23,25). The summed E-state index contributed by atoms with van der Waals surface area (Å²) in [6, 6.07) is 10.8. The topological polar surface area (TPSA) is 62.6 Å². The van der Waals surface area contributed by atoms with E-state index in [-0.39, 0.29) is 24.8 Å². The molecule has 1 N–H and O–H groups in total. The van der Waals surface area contributed by atoms with Crippen LogP contribution in [0.25, 0.3) is 11.0 Å². The molecule has 0 unspecified atom stereocenters. The zero-order valence-corrected chi connectivity index (χ0v) is 16.3. The van der Waals surface area contributed by atoms with Gasteiger partial charge in [-0.15, -0.1) is 0 Å². The molecule has 2 aromatic carbocycles. The molecule has 3 rings (SSSR count). The van der Waals surface area contributed by atoms with Crippen LogP contribution >= 0.6 is 11.6 Å². The summed E-state index contributed by atoms with van der Waals surface area (Å²) in [5, 5.41) is 4.28. The average Bonchev–Trinajstić information content (AvgIpc) is 3.03. The Morgan fingerprint density at radius 1 is 1.11 bits per heavy atom. The van der Waals surface area contributed by atoms with Crippen molar-refractivity contribution in [3.63, 3.8) is 0 Å². The summed E-state index contributed by atoms with van der Waals surface area (Å²) in [6.45, 7) is 3.99. The van der Waals surface area contributed by atoms with Crippen LogP contribution in [0.2, 0.25) is 5.02 Å². The van der Waals surface area contributed by atoms with Gasteiger partial charge in [-0.25, -0.2) is 0 Å². The van der Waals surface area contributed by atoms with Crippen LogP contribution in [-0.4, -0.2) is 30.3 Å². The number of benzene rings is 2. The number of halogens is 1. The van der Waals surface area contributed by atoms with Gasteiger partial charge < -0.3 is 14.6 Å². The van der Waals surface area contributed by atoms with Crippen molar-refractivity contribution in [2.45, 2.75) is 20.3 Å².